The predicted molar refractivity (Wildman–Crippen MR) is 68.3 cm³/mol. The third-order valence-corrected chi connectivity index (χ3v) is 3.58. The highest BCUT2D eigenvalue weighted by atomic mass is 16.6. The van der Waals surface area contributed by atoms with E-state index in [4.69, 9.17) is 0 Å². The minimum Gasteiger partial charge on any atom is -0.393 e. The van der Waals surface area contributed by atoms with Gasteiger partial charge in [0.15, 0.2) is 0 Å². The van der Waals surface area contributed by atoms with Crippen LogP contribution in [0, 0.1) is 20.8 Å². The molecule has 0 saturated carbocycles. The van der Waals surface area contributed by atoms with Crippen LogP contribution in [-0.2, 0) is 19.7 Å². The minimum absolute atomic E-state index is 0.267. The topological polar surface area (TPSA) is 43.4 Å². The van der Waals surface area contributed by atoms with Gasteiger partial charge in [-0.2, -0.15) is 0 Å². The Morgan fingerprint density at radius 3 is 1.89 bits per heavy atom. The van der Waals surface area contributed by atoms with Gasteiger partial charge in [0.25, 0.3) is 0 Å². The SMILES string of the molecule is Cc1cc(C)c(C2(C)CC(=O)OC(=O)C2)c(C)c1. The molecule has 0 bridgehead atoms. The summed E-state index contributed by atoms with van der Waals surface area (Å²) in [4.78, 5) is 23.0. The van der Waals surface area contributed by atoms with Gasteiger partial charge in [-0.15, -0.1) is 0 Å². The van der Waals surface area contributed by atoms with Gasteiger partial charge in [0, 0.05) is 5.41 Å². The molecule has 0 aromatic heterocycles. The summed E-state index contributed by atoms with van der Waals surface area (Å²) in [5, 5.41) is 0. The average Bonchev–Trinajstić information content (AvgIpc) is 2.11. The molecule has 18 heavy (non-hydrogen) atoms. The van der Waals surface area contributed by atoms with Crippen molar-refractivity contribution in [1.82, 2.24) is 0 Å². The summed E-state index contributed by atoms with van der Waals surface area (Å²) >= 11 is 0. The number of esters is 2. The lowest BCUT2D eigenvalue weighted by molar-refractivity contribution is -0.166. The second kappa shape index (κ2) is 4.23. The van der Waals surface area contributed by atoms with Crippen molar-refractivity contribution >= 4 is 11.9 Å². The highest BCUT2D eigenvalue weighted by Crippen LogP contribution is 2.39. The fourth-order valence-electron chi connectivity index (χ4n) is 3.21. The molecule has 0 unspecified atom stereocenters. The van der Waals surface area contributed by atoms with E-state index >= 15 is 0 Å². The van der Waals surface area contributed by atoms with Crippen LogP contribution >= 0.6 is 0 Å². The van der Waals surface area contributed by atoms with Crippen molar-refractivity contribution in [2.24, 2.45) is 0 Å². The van der Waals surface area contributed by atoms with Gasteiger partial charge in [-0.1, -0.05) is 24.6 Å². The first-order chi connectivity index (χ1) is 8.32. The molecule has 0 atom stereocenters. The van der Waals surface area contributed by atoms with Crippen molar-refractivity contribution in [2.45, 2.75) is 46.0 Å². The molecular formula is C15H18O3. The highest BCUT2D eigenvalue weighted by molar-refractivity contribution is 5.90. The number of ether oxygens (including phenoxy) is 1. The molecule has 96 valence electrons. The first-order valence-electron chi connectivity index (χ1n) is 6.14. The smallest absolute Gasteiger partial charge is 0.314 e. The zero-order chi connectivity index (χ0) is 13.5. The predicted octanol–water partition coefficient (Wildman–Crippen LogP) is 2.73. The van der Waals surface area contributed by atoms with Crippen molar-refractivity contribution < 1.29 is 14.3 Å². The molecule has 1 aliphatic heterocycles. The van der Waals surface area contributed by atoms with E-state index in [1.807, 2.05) is 27.7 Å². The van der Waals surface area contributed by atoms with Crippen molar-refractivity contribution in [3.8, 4) is 0 Å². The van der Waals surface area contributed by atoms with E-state index in [-0.39, 0.29) is 12.8 Å². The maximum Gasteiger partial charge on any atom is 0.314 e. The number of carbonyl (C=O) groups excluding carboxylic acids is 2. The Morgan fingerprint density at radius 2 is 1.44 bits per heavy atom. The van der Waals surface area contributed by atoms with Crippen LogP contribution in [-0.4, -0.2) is 11.9 Å². The molecule has 0 radical (unpaired) electrons. The quantitative estimate of drug-likeness (QED) is 0.565. The van der Waals surface area contributed by atoms with E-state index in [1.54, 1.807) is 0 Å². The van der Waals surface area contributed by atoms with E-state index in [0.717, 1.165) is 16.7 Å². The molecule has 0 amide bonds. The molecule has 3 nitrogen and oxygen atoms in total. The maximum absolute atomic E-state index is 11.5. The van der Waals surface area contributed by atoms with Gasteiger partial charge in [0.1, 0.15) is 0 Å². The molecule has 0 aliphatic carbocycles. The molecule has 1 fully saturated rings. The lowest BCUT2D eigenvalue weighted by Gasteiger charge is -2.34. The van der Waals surface area contributed by atoms with Crippen molar-refractivity contribution in [3.63, 3.8) is 0 Å². The van der Waals surface area contributed by atoms with Crippen LogP contribution in [0.15, 0.2) is 12.1 Å². The summed E-state index contributed by atoms with van der Waals surface area (Å²) in [5.74, 6) is -0.846. The molecule has 1 heterocycles. The number of cyclic esters (lactones) is 2. The molecule has 1 aromatic carbocycles. The average molecular weight is 246 g/mol. The molecule has 3 heteroatoms. The maximum atomic E-state index is 11.5. The van der Waals surface area contributed by atoms with Gasteiger partial charge in [-0.25, -0.2) is 0 Å². The van der Waals surface area contributed by atoms with Crippen LogP contribution in [0.3, 0.4) is 0 Å². The van der Waals surface area contributed by atoms with Gasteiger partial charge < -0.3 is 4.74 Å². The Bertz CT molecular complexity index is 490. The summed E-state index contributed by atoms with van der Waals surface area (Å²) in [5.41, 5.74) is 4.14. The molecule has 1 saturated heterocycles. The second-order valence-corrected chi connectivity index (χ2v) is 5.53. The molecule has 0 spiro atoms. The fourth-order valence-corrected chi connectivity index (χ4v) is 3.21. The monoisotopic (exact) mass is 246 g/mol. The van der Waals surface area contributed by atoms with Gasteiger partial charge >= 0.3 is 11.9 Å². The first kappa shape index (κ1) is 12.8. The van der Waals surface area contributed by atoms with Gasteiger partial charge in [-0.3, -0.25) is 9.59 Å². The molecule has 1 aromatic rings. The lowest BCUT2D eigenvalue weighted by Crippen LogP contribution is -2.37. The van der Waals surface area contributed by atoms with Gasteiger partial charge in [0.05, 0.1) is 12.8 Å². The number of hydrogen-bond acceptors (Lipinski definition) is 3. The first-order valence-corrected chi connectivity index (χ1v) is 6.14. The van der Waals surface area contributed by atoms with E-state index in [9.17, 15) is 9.59 Å². The number of rotatable bonds is 1. The molecule has 1 aliphatic rings. The summed E-state index contributed by atoms with van der Waals surface area (Å²) in [6, 6.07) is 4.19. The summed E-state index contributed by atoms with van der Waals surface area (Å²) < 4.78 is 4.63. The van der Waals surface area contributed by atoms with E-state index in [1.165, 1.54) is 5.56 Å². The molecular weight excluding hydrogens is 228 g/mol. The second-order valence-electron chi connectivity index (χ2n) is 5.53. The Morgan fingerprint density at radius 1 is 1.00 bits per heavy atom. The number of aryl methyl sites for hydroxylation is 3. The zero-order valence-electron chi connectivity index (χ0n) is 11.3. The Kier molecular flexibility index (Phi) is 3.01. The van der Waals surface area contributed by atoms with Crippen LogP contribution in [0.25, 0.3) is 0 Å². The van der Waals surface area contributed by atoms with Gasteiger partial charge in [-0.05, 0) is 37.5 Å². The van der Waals surface area contributed by atoms with Crippen LogP contribution in [0.4, 0.5) is 0 Å². The van der Waals surface area contributed by atoms with Crippen molar-refractivity contribution in [2.75, 3.05) is 0 Å². The van der Waals surface area contributed by atoms with Gasteiger partial charge in [0.2, 0.25) is 0 Å². The minimum atomic E-state index is -0.436. The van der Waals surface area contributed by atoms with E-state index < -0.39 is 17.4 Å². The lowest BCUT2D eigenvalue weighted by atomic mass is 9.72. The normalized spacial score (nSPS) is 18.7. The Balaban J connectivity index is 2.53. The fraction of sp³-hybridized carbons (Fsp3) is 0.467. The zero-order valence-corrected chi connectivity index (χ0v) is 11.3. The van der Waals surface area contributed by atoms with Crippen molar-refractivity contribution in [3.05, 3.63) is 34.4 Å². The summed E-state index contributed by atoms with van der Waals surface area (Å²) in [6.07, 6.45) is 0.535. The largest absolute Gasteiger partial charge is 0.393 e. The third kappa shape index (κ3) is 2.17. The van der Waals surface area contributed by atoms with Crippen LogP contribution in [0.1, 0.15) is 42.0 Å². The number of hydrogen-bond donors (Lipinski definition) is 0. The van der Waals surface area contributed by atoms with E-state index in [2.05, 4.69) is 16.9 Å². The third-order valence-electron chi connectivity index (χ3n) is 3.58. The van der Waals surface area contributed by atoms with Crippen molar-refractivity contribution in [1.29, 1.82) is 0 Å². The Hall–Kier alpha value is -1.64. The van der Waals surface area contributed by atoms with Crippen LogP contribution in [0.2, 0.25) is 0 Å². The summed E-state index contributed by atoms with van der Waals surface area (Å²) in [7, 11) is 0. The Labute approximate surface area is 107 Å². The standard InChI is InChI=1S/C15H18O3/c1-9-5-10(2)14(11(3)6-9)15(4)7-12(16)18-13(17)8-15/h5-6H,7-8H2,1-4H3. The van der Waals surface area contributed by atoms with Crippen LogP contribution in [0.5, 0.6) is 0 Å². The molecule has 0 N–H and O–H groups in total. The highest BCUT2D eigenvalue weighted by Gasteiger charge is 2.40. The molecule has 2 rings (SSSR count). The summed E-state index contributed by atoms with van der Waals surface area (Å²) in [6.45, 7) is 8.08. The van der Waals surface area contributed by atoms with Crippen LogP contribution < -0.4 is 0 Å². The number of carbonyl (C=O) groups is 2. The van der Waals surface area contributed by atoms with E-state index in [0.29, 0.717) is 0 Å². The number of benzene rings is 1.